The van der Waals surface area contributed by atoms with E-state index in [1.54, 1.807) is 0 Å². The summed E-state index contributed by atoms with van der Waals surface area (Å²) in [4.78, 5) is 0. The molecular formula is C12H18BrN. The van der Waals surface area contributed by atoms with Crippen LogP contribution in [0.2, 0.25) is 0 Å². The van der Waals surface area contributed by atoms with Crippen molar-refractivity contribution >= 4 is 15.9 Å². The summed E-state index contributed by atoms with van der Waals surface area (Å²) in [6.45, 7) is 7.62. The fraction of sp³-hybridized carbons (Fsp3) is 0.500. The van der Waals surface area contributed by atoms with Gasteiger partial charge in [0.25, 0.3) is 0 Å². The Morgan fingerprint density at radius 3 is 2.57 bits per heavy atom. The largest absolute Gasteiger partial charge is 0.319 e. The van der Waals surface area contributed by atoms with Crippen LogP contribution in [-0.2, 0) is 5.41 Å². The number of hydrogen-bond acceptors (Lipinski definition) is 1. The van der Waals surface area contributed by atoms with Crippen LogP contribution in [0.25, 0.3) is 0 Å². The molecule has 0 saturated carbocycles. The third-order valence-corrected chi connectivity index (χ3v) is 3.16. The molecule has 1 aromatic rings. The first-order valence-electron chi connectivity index (χ1n) is 4.88. The highest BCUT2D eigenvalue weighted by Gasteiger charge is 2.21. The van der Waals surface area contributed by atoms with Crippen molar-refractivity contribution in [1.29, 1.82) is 0 Å². The SMILES string of the molecule is CNCC(C)(C)c1cc(C)ccc1Br. The van der Waals surface area contributed by atoms with E-state index in [0.717, 1.165) is 6.54 Å². The van der Waals surface area contributed by atoms with Gasteiger partial charge in [0.2, 0.25) is 0 Å². The summed E-state index contributed by atoms with van der Waals surface area (Å²) < 4.78 is 1.20. The topological polar surface area (TPSA) is 12.0 Å². The minimum atomic E-state index is 0.166. The Bertz CT molecular complexity index is 318. The predicted octanol–water partition coefficient (Wildman–Crippen LogP) is 3.25. The van der Waals surface area contributed by atoms with E-state index >= 15 is 0 Å². The lowest BCUT2D eigenvalue weighted by Crippen LogP contribution is -2.31. The molecule has 0 atom stereocenters. The first kappa shape index (κ1) is 11.7. The highest BCUT2D eigenvalue weighted by Crippen LogP contribution is 2.30. The van der Waals surface area contributed by atoms with E-state index < -0.39 is 0 Å². The summed E-state index contributed by atoms with van der Waals surface area (Å²) in [5.41, 5.74) is 2.85. The van der Waals surface area contributed by atoms with Crippen molar-refractivity contribution in [3.8, 4) is 0 Å². The first-order valence-corrected chi connectivity index (χ1v) is 5.68. The zero-order valence-electron chi connectivity index (χ0n) is 9.32. The molecule has 0 aliphatic carbocycles. The predicted molar refractivity (Wildman–Crippen MR) is 65.8 cm³/mol. The molecule has 1 rings (SSSR count). The van der Waals surface area contributed by atoms with E-state index in [9.17, 15) is 0 Å². The minimum Gasteiger partial charge on any atom is -0.319 e. The lowest BCUT2D eigenvalue weighted by Gasteiger charge is -2.26. The van der Waals surface area contributed by atoms with E-state index in [4.69, 9.17) is 0 Å². The van der Waals surface area contributed by atoms with E-state index in [1.165, 1.54) is 15.6 Å². The van der Waals surface area contributed by atoms with Crippen LogP contribution < -0.4 is 5.32 Å². The van der Waals surface area contributed by atoms with Gasteiger partial charge in [-0.05, 0) is 25.6 Å². The summed E-state index contributed by atoms with van der Waals surface area (Å²) in [6, 6.07) is 6.51. The second-order valence-corrected chi connectivity index (χ2v) is 5.25. The molecule has 2 heteroatoms. The smallest absolute Gasteiger partial charge is 0.0213 e. The summed E-state index contributed by atoms with van der Waals surface area (Å²) in [5.74, 6) is 0. The normalized spacial score (nSPS) is 11.8. The zero-order valence-corrected chi connectivity index (χ0v) is 10.9. The quantitative estimate of drug-likeness (QED) is 0.875. The highest BCUT2D eigenvalue weighted by atomic mass is 79.9. The second-order valence-electron chi connectivity index (χ2n) is 4.40. The molecule has 0 fully saturated rings. The maximum atomic E-state index is 3.61. The maximum absolute atomic E-state index is 3.61. The van der Waals surface area contributed by atoms with Crippen LogP contribution in [0.5, 0.6) is 0 Å². The van der Waals surface area contributed by atoms with Gasteiger partial charge in [0.15, 0.2) is 0 Å². The number of likely N-dealkylation sites (N-methyl/N-ethyl adjacent to an activating group) is 1. The lowest BCUT2D eigenvalue weighted by atomic mass is 9.84. The van der Waals surface area contributed by atoms with E-state index in [0.29, 0.717) is 0 Å². The molecule has 1 N–H and O–H groups in total. The van der Waals surface area contributed by atoms with Crippen molar-refractivity contribution in [2.45, 2.75) is 26.2 Å². The Balaban J connectivity index is 3.10. The molecule has 0 radical (unpaired) electrons. The summed E-state index contributed by atoms with van der Waals surface area (Å²) in [7, 11) is 1.99. The molecule has 1 aromatic carbocycles. The Morgan fingerprint density at radius 1 is 1.36 bits per heavy atom. The molecular weight excluding hydrogens is 238 g/mol. The van der Waals surface area contributed by atoms with Crippen molar-refractivity contribution in [3.63, 3.8) is 0 Å². The molecule has 0 aromatic heterocycles. The molecule has 0 unspecified atom stereocenters. The third kappa shape index (κ3) is 2.58. The Hall–Kier alpha value is -0.340. The van der Waals surface area contributed by atoms with Crippen molar-refractivity contribution in [1.82, 2.24) is 5.32 Å². The summed E-state index contributed by atoms with van der Waals surface area (Å²) in [5, 5.41) is 3.23. The average molecular weight is 256 g/mol. The van der Waals surface area contributed by atoms with Crippen LogP contribution in [0, 0.1) is 6.92 Å². The van der Waals surface area contributed by atoms with Crippen LogP contribution in [0.4, 0.5) is 0 Å². The summed E-state index contributed by atoms with van der Waals surface area (Å²) in [6.07, 6.45) is 0. The first-order chi connectivity index (χ1) is 6.47. The highest BCUT2D eigenvalue weighted by molar-refractivity contribution is 9.10. The maximum Gasteiger partial charge on any atom is 0.0213 e. The molecule has 0 saturated heterocycles. The van der Waals surface area contributed by atoms with E-state index in [1.807, 2.05) is 7.05 Å². The number of nitrogens with one attached hydrogen (secondary N) is 1. The monoisotopic (exact) mass is 255 g/mol. The van der Waals surface area contributed by atoms with Crippen molar-refractivity contribution < 1.29 is 0 Å². The average Bonchev–Trinajstić information content (AvgIpc) is 2.09. The molecule has 1 nitrogen and oxygen atoms in total. The van der Waals surface area contributed by atoms with Crippen LogP contribution >= 0.6 is 15.9 Å². The third-order valence-electron chi connectivity index (χ3n) is 2.47. The van der Waals surface area contributed by atoms with E-state index in [2.05, 4.69) is 60.2 Å². The molecule has 0 bridgehead atoms. The zero-order chi connectivity index (χ0) is 10.8. The Morgan fingerprint density at radius 2 is 2.00 bits per heavy atom. The molecule has 0 spiro atoms. The minimum absolute atomic E-state index is 0.166. The molecule has 0 heterocycles. The van der Waals surface area contributed by atoms with Crippen LogP contribution in [0.1, 0.15) is 25.0 Å². The van der Waals surface area contributed by atoms with Gasteiger partial charge in [0, 0.05) is 16.4 Å². The van der Waals surface area contributed by atoms with Gasteiger partial charge < -0.3 is 5.32 Å². The number of rotatable bonds is 3. The molecule has 14 heavy (non-hydrogen) atoms. The fourth-order valence-corrected chi connectivity index (χ4v) is 2.48. The Kier molecular flexibility index (Phi) is 3.73. The van der Waals surface area contributed by atoms with Crippen molar-refractivity contribution in [2.24, 2.45) is 0 Å². The lowest BCUT2D eigenvalue weighted by molar-refractivity contribution is 0.492. The van der Waals surface area contributed by atoms with Crippen LogP contribution in [0.15, 0.2) is 22.7 Å². The summed E-state index contributed by atoms with van der Waals surface area (Å²) >= 11 is 3.61. The number of benzene rings is 1. The van der Waals surface area contributed by atoms with Gasteiger partial charge in [-0.3, -0.25) is 0 Å². The van der Waals surface area contributed by atoms with Crippen LogP contribution in [0.3, 0.4) is 0 Å². The second kappa shape index (κ2) is 4.45. The van der Waals surface area contributed by atoms with Gasteiger partial charge in [-0.1, -0.05) is 47.5 Å². The number of halogens is 1. The van der Waals surface area contributed by atoms with Gasteiger partial charge >= 0.3 is 0 Å². The Labute approximate surface area is 95.0 Å². The number of aryl methyl sites for hydroxylation is 1. The molecule has 0 aliphatic heterocycles. The molecule has 0 amide bonds. The van der Waals surface area contributed by atoms with Gasteiger partial charge in [-0.25, -0.2) is 0 Å². The van der Waals surface area contributed by atoms with Gasteiger partial charge in [0.1, 0.15) is 0 Å². The van der Waals surface area contributed by atoms with Crippen LogP contribution in [-0.4, -0.2) is 13.6 Å². The standard InChI is InChI=1S/C12H18BrN/c1-9-5-6-11(13)10(7-9)12(2,3)8-14-4/h5-7,14H,8H2,1-4H3. The van der Waals surface area contributed by atoms with Gasteiger partial charge in [0.05, 0.1) is 0 Å². The number of hydrogen-bond donors (Lipinski definition) is 1. The van der Waals surface area contributed by atoms with Gasteiger partial charge in [-0.2, -0.15) is 0 Å². The van der Waals surface area contributed by atoms with E-state index in [-0.39, 0.29) is 5.41 Å². The van der Waals surface area contributed by atoms with Gasteiger partial charge in [-0.15, -0.1) is 0 Å². The van der Waals surface area contributed by atoms with Crippen molar-refractivity contribution in [3.05, 3.63) is 33.8 Å². The van der Waals surface area contributed by atoms with Crippen molar-refractivity contribution in [2.75, 3.05) is 13.6 Å². The molecule has 78 valence electrons. The fourth-order valence-electron chi connectivity index (χ4n) is 1.69. The molecule has 0 aliphatic rings.